The zero-order valence-corrected chi connectivity index (χ0v) is 22.1. The maximum atomic E-state index is 12.6. The summed E-state index contributed by atoms with van der Waals surface area (Å²) in [6.07, 6.45) is -2.73. The minimum Gasteiger partial charge on any atom is -0.475 e. The first-order valence-electron chi connectivity index (χ1n) is 11.7. The van der Waals surface area contributed by atoms with E-state index in [4.69, 9.17) is 26.8 Å². The minimum atomic E-state index is -5.08. The van der Waals surface area contributed by atoms with Gasteiger partial charge in [0.2, 0.25) is 0 Å². The maximum Gasteiger partial charge on any atom is 0.490 e. The molecule has 12 heteroatoms. The number of nitrogens with zero attached hydrogens (tertiary/aromatic N) is 4. The zero-order valence-electron chi connectivity index (χ0n) is 21.3. The molecular weight excluding hydrogens is 547 g/mol. The number of carbonyl (C=O) groups is 2. The molecule has 206 valence electrons. The summed E-state index contributed by atoms with van der Waals surface area (Å²) >= 11 is 6.21. The van der Waals surface area contributed by atoms with Gasteiger partial charge in [0.05, 0.1) is 34.2 Å². The summed E-state index contributed by atoms with van der Waals surface area (Å²) in [5, 5.41) is 24.2. The van der Waals surface area contributed by atoms with Gasteiger partial charge in [-0.05, 0) is 61.9 Å². The van der Waals surface area contributed by atoms with Gasteiger partial charge in [-0.3, -0.25) is 9.78 Å². The van der Waals surface area contributed by atoms with Crippen LogP contribution >= 0.6 is 11.6 Å². The van der Waals surface area contributed by atoms with Crippen LogP contribution in [0.2, 0.25) is 5.02 Å². The van der Waals surface area contributed by atoms with E-state index in [-0.39, 0.29) is 5.91 Å². The summed E-state index contributed by atoms with van der Waals surface area (Å²) in [5.41, 5.74) is 6.63. The van der Waals surface area contributed by atoms with Gasteiger partial charge in [-0.2, -0.15) is 23.5 Å². The molecule has 0 spiro atoms. The van der Waals surface area contributed by atoms with E-state index in [1.807, 2.05) is 61.0 Å². The fourth-order valence-corrected chi connectivity index (χ4v) is 3.93. The number of nitrogens with one attached hydrogen (secondary N) is 1. The van der Waals surface area contributed by atoms with E-state index in [9.17, 15) is 18.0 Å². The van der Waals surface area contributed by atoms with Gasteiger partial charge < -0.3 is 10.4 Å². The Morgan fingerprint density at radius 3 is 2.42 bits per heavy atom. The van der Waals surface area contributed by atoms with Gasteiger partial charge in [0, 0.05) is 29.4 Å². The lowest BCUT2D eigenvalue weighted by molar-refractivity contribution is -0.192. The van der Waals surface area contributed by atoms with Crippen molar-refractivity contribution in [1.82, 2.24) is 20.1 Å². The topological polar surface area (TPSA) is 121 Å². The number of nitriles is 1. The van der Waals surface area contributed by atoms with Crippen molar-refractivity contribution >= 4 is 23.5 Å². The summed E-state index contributed by atoms with van der Waals surface area (Å²) in [4.78, 5) is 25.8. The monoisotopic (exact) mass is 569 g/mol. The largest absolute Gasteiger partial charge is 0.490 e. The Balaban J connectivity index is 0.000000559. The summed E-state index contributed by atoms with van der Waals surface area (Å²) in [6.45, 7) is 4.35. The maximum absolute atomic E-state index is 12.6. The van der Waals surface area contributed by atoms with Crippen molar-refractivity contribution in [3.05, 3.63) is 111 Å². The van der Waals surface area contributed by atoms with Gasteiger partial charge in [-0.25, -0.2) is 9.48 Å². The Morgan fingerprint density at radius 1 is 1.10 bits per heavy atom. The average molecular weight is 570 g/mol. The van der Waals surface area contributed by atoms with Crippen molar-refractivity contribution in [3.8, 4) is 11.8 Å². The third kappa shape index (κ3) is 7.68. The number of hydrogen-bond donors (Lipinski definition) is 2. The van der Waals surface area contributed by atoms with E-state index in [1.54, 1.807) is 24.4 Å². The van der Waals surface area contributed by atoms with Gasteiger partial charge >= 0.3 is 12.1 Å². The average Bonchev–Trinajstić information content (AvgIpc) is 3.20. The lowest BCUT2D eigenvalue weighted by atomic mass is 10.0. The molecule has 0 unspecified atom stereocenters. The number of alkyl halides is 3. The van der Waals surface area contributed by atoms with Crippen LogP contribution in [0.5, 0.6) is 0 Å². The predicted octanol–water partition coefficient (Wildman–Crippen LogP) is 5.56. The number of aromatic nitrogens is 3. The van der Waals surface area contributed by atoms with Crippen molar-refractivity contribution in [2.45, 2.75) is 33.0 Å². The van der Waals surface area contributed by atoms with Crippen LogP contribution in [0.1, 0.15) is 44.1 Å². The van der Waals surface area contributed by atoms with Gasteiger partial charge in [0.15, 0.2) is 0 Å². The van der Waals surface area contributed by atoms with E-state index in [0.717, 1.165) is 33.9 Å². The number of halogens is 4. The molecule has 0 fully saturated rings. The molecule has 0 bridgehead atoms. The molecule has 0 atom stereocenters. The SMILES string of the molecule is Cc1nn(-c2ccc(C#N)c(Cl)c2)c(C)c1Cc1cccc(C(=O)NCc2ccccn2)c1.O=C(O)C(F)(F)F. The van der Waals surface area contributed by atoms with Crippen LogP contribution in [0.4, 0.5) is 13.2 Å². The molecule has 0 aliphatic heterocycles. The minimum absolute atomic E-state index is 0.140. The number of carboxylic acid groups (broad SMARTS) is 1. The summed E-state index contributed by atoms with van der Waals surface area (Å²) in [5.74, 6) is -2.90. The molecule has 40 heavy (non-hydrogen) atoms. The number of pyridine rings is 1. The Bertz CT molecular complexity index is 1560. The fourth-order valence-electron chi connectivity index (χ4n) is 3.71. The highest BCUT2D eigenvalue weighted by Gasteiger charge is 2.38. The van der Waals surface area contributed by atoms with Crippen LogP contribution in [-0.2, 0) is 17.8 Å². The number of aryl methyl sites for hydroxylation is 1. The second kappa shape index (κ2) is 12.9. The Labute approximate surface area is 232 Å². The first-order valence-corrected chi connectivity index (χ1v) is 12.1. The van der Waals surface area contributed by atoms with E-state index in [2.05, 4.69) is 21.5 Å². The molecule has 2 heterocycles. The number of hydrogen-bond acceptors (Lipinski definition) is 5. The molecule has 4 aromatic rings. The number of carbonyl (C=O) groups excluding carboxylic acids is 1. The highest BCUT2D eigenvalue weighted by atomic mass is 35.5. The van der Waals surface area contributed by atoms with Crippen LogP contribution in [0.25, 0.3) is 5.69 Å². The van der Waals surface area contributed by atoms with E-state index < -0.39 is 12.1 Å². The second-order valence-electron chi connectivity index (χ2n) is 8.52. The molecule has 4 rings (SSSR count). The second-order valence-corrected chi connectivity index (χ2v) is 8.93. The van der Waals surface area contributed by atoms with Crippen LogP contribution in [0.3, 0.4) is 0 Å². The molecular formula is C28H23ClF3N5O3. The normalized spacial score (nSPS) is 10.7. The van der Waals surface area contributed by atoms with Gasteiger partial charge in [0.25, 0.3) is 5.91 Å². The summed E-state index contributed by atoms with van der Waals surface area (Å²) in [6, 6.07) is 20.6. The predicted molar refractivity (Wildman–Crippen MR) is 141 cm³/mol. The van der Waals surface area contributed by atoms with Crippen LogP contribution in [0.15, 0.2) is 66.9 Å². The van der Waals surface area contributed by atoms with Crippen molar-refractivity contribution in [2.24, 2.45) is 0 Å². The summed E-state index contributed by atoms with van der Waals surface area (Å²) < 4.78 is 33.6. The first-order chi connectivity index (χ1) is 18.9. The van der Waals surface area contributed by atoms with Crippen molar-refractivity contribution < 1.29 is 27.9 Å². The third-order valence-electron chi connectivity index (χ3n) is 5.73. The molecule has 2 aromatic heterocycles. The fraction of sp³-hybridized carbons (Fsp3) is 0.179. The number of aliphatic carboxylic acids is 1. The van der Waals surface area contributed by atoms with Gasteiger partial charge in [0.1, 0.15) is 6.07 Å². The molecule has 8 nitrogen and oxygen atoms in total. The van der Waals surface area contributed by atoms with Crippen LogP contribution in [0, 0.1) is 25.2 Å². The van der Waals surface area contributed by atoms with Gasteiger partial charge in [-0.15, -0.1) is 0 Å². The number of carboxylic acids is 1. The molecule has 0 aliphatic carbocycles. The van der Waals surface area contributed by atoms with Crippen LogP contribution < -0.4 is 5.32 Å². The van der Waals surface area contributed by atoms with Crippen molar-refractivity contribution in [3.63, 3.8) is 0 Å². The number of amides is 1. The van der Waals surface area contributed by atoms with E-state index in [1.165, 1.54) is 0 Å². The quantitative estimate of drug-likeness (QED) is 0.313. The highest BCUT2D eigenvalue weighted by molar-refractivity contribution is 6.31. The molecule has 1 amide bonds. The van der Waals surface area contributed by atoms with Crippen molar-refractivity contribution in [2.75, 3.05) is 0 Å². The van der Waals surface area contributed by atoms with Crippen molar-refractivity contribution in [1.29, 1.82) is 5.26 Å². The molecule has 0 saturated heterocycles. The smallest absolute Gasteiger partial charge is 0.475 e. The molecule has 0 radical (unpaired) electrons. The highest BCUT2D eigenvalue weighted by Crippen LogP contribution is 2.25. The van der Waals surface area contributed by atoms with E-state index >= 15 is 0 Å². The van der Waals surface area contributed by atoms with Crippen LogP contribution in [-0.4, -0.2) is 37.9 Å². The molecule has 2 aromatic carbocycles. The zero-order chi connectivity index (χ0) is 29.4. The van der Waals surface area contributed by atoms with E-state index in [0.29, 0.717) is 29.1 Å². The lowest BCUT2D eigenvalue weighted by Crippen LogP contribution is -2.23. The first kappa shape index (κ1) is 29.9. The standard InChI is InChI=1S/C26H22ClN5O.C2HF3O2/c1-17-24(18(2)32(31-17)23-10-9-21(15-28)25(27)14-23)13-19-6-5-7-20(12-19)26(33)30-16-22-8-3-4-11-29-22;3-2(4,5)1(6)7/h3-12,14H,13,16H2,1-2H3,(H,30,33);(H,6,7). The lowest BCUT2D eigenvalue weighted by Gasteiger charge is -2.09. The molecule has 0 aliphatic rings. The Morgan fingerprint density at radius 2 is 1.82 bits per heavy atom. The third-order valence-corrected chi connectivity index (χ3v) is 6.04. The Hall–Kier alpha value is -4.69. The van der Waals surface area contributed by atoms with Gasteiger partial charge in [-0.1, -0.05) is 29.8 Å². The number of rotatable bonds is 6. The number of benzene rings is 2. The molecule has 0 saturated carbocycles. The Kier molecular flexibility index (Phi) is 9.63. The summed E-state index contributed by atoms with van der Waals surface area (Å²) in [7, 11) is 0. The molecule has 2 N–H and O–H groups in total.